The minimum atomic E-state index is -1.90. The molecule has 0 saturated carbocycles. The van der Waals surface area contributed by atoms with Crippen molar-refractivity contribution in [3.8, 4) is 0 Å². The third-order valence-electron chi connectivity index (χ3n) is 9.06. The van der Waals surface area contributed by atoms with Gasteiger partial charge in [-0.05, 0) is 171 Å². The Morgan fingerprint density at radius 1 is 0.323 bits per heavy atom. The van der Waals surface area contributed by atoms with Crippen LogP contribution in [0.3, 0.4) is 0 Å². The van der Waals surface area contributed by atoms with Crippen molar-refractivity contribution in [1.82, 2.24) is 0 Å². The topological polar surface area (TPSA) is 0 Å². The lowest BCUT2D eigenvalue weighted by Crippen LogP contribution is -2.30. The lowest BCUT2D eigenvalue weighted by molar-refractivity contribution is 1.16. The number of allylic oxidation sites excluding steroid dienone is 2. The Hall–Kier alpha value is -1.86. The molecule has 1 aliphatic heterocycles. The highest BCUT2D eigenvalue weighted by molar-refractivity contribution is 7.10. The molecule has 3 rings (SSSR count). The molecule has 2 aromatic carbocycles. The summed E-state index contributed by atoms with van der Waals surface area (Å²) < 4.78 is 0. The van der Waals surface area contributed by atoms with Crippen LogP contribution in [0, 0.1) is 69.2 Å². The van der Waals surface area contributed by atoms with E-state index in [1.165, 1.54) is 66.8 Å². The zero-order valence-electron chi connectivity index (χ0n) is 22.5. The maximum atomic E-state index is 2.59. The first-order valence-corrected chi connectivity index (χ1v) is 14.8. The maximum absolute atomic E-state index is 2.59. The molecule has 0 saturated heterocycles. The van der Waals surface area contributed by atoms with Crippen LogP contribution in [-0.2, 0) is 0 Å². The van der Waals surface area contributed by atoms with Crippen LogP contribution >= 0.6 is 0 Å². The smallest absolute Gasteiger partial charge is 0.0616 e. The number of benzene rings is 2. The molecule has 0 radical (unpaired) electrons. The third-order valence-corrected chi connectivity index (χ3v) is 12.8. The first kappa shape index (κ1) is 23.8. The molecule has 0 bridgehead atoms. The van der Waals surface area contributed by atoms with Gasteiger partial charge in [0, 0.05) is 0 Å². The van der Waals surface area contributed by atoms with Crippen LogP contribution in [0.15, 0.2) is 11.1 Å². The molecule has 0 spiro atoms. The van der Waals surface area contributed by atoms with E-state index in [0.29, 0.717) is 0 Å². The predicted molar refractivity (Wildman–Crippen MR) is 143 cm³/mol. The number of hydrogen-bond donors (Lipinski definition) is 0. The fraction of sp³-hybridized carbons (Fsp3) is 0.467. The van der Waals surface area contributed by atoms with Crippen molar-refractivity contribution in [2.75, 3.05) is 0 Å². The van der Waals surface area contributed by atoms with Crippen molar-refractivity contribution in [2.24, 2.45) is 0 Å². The summed E-state index contributed by atoms with van der Waals surface area (Å²) >= 11 is 0. The molecule has 0 amide bonds. The lowest BCUT2D eigenvalue weighted by atomic mass is 9.87. The Labute approximate surface area is 192 Å². The Bertz CT molecular complexity index is 1040. The van der Waals surface area contributed by atoms with Gasteiger partial charge >= 0.3 is 0 Å². The second-order valence-corrected chi connectivity index (χ2v) is 14.9. The zero-order valence-corrected chi connectivity index (χ0v) is 23.5. The van der Waals surface area contributed by atoms with Gasteiger partial charge in [0.1, 0.15) is 8.07 Å². The molecular weight excluding hydrogens is 388 g/mol. The SMILES string of the molecule is CC1=C(c2c(C)c(C)c(C)c(C)c2C)[Si](C)(C)C(c2c(C)c(C)c(C)c(C)c2C)=C1C. The summed E-state index contributed by atoms with van der Waals surface area (Å²) in [6.45, 7) is 33.1. The van der Waals surface area contributed by atoms with Crippen LogP contribution in [0.4, 0.5) is 0 Å². The molecule has 0 fully saturated rings. The summed E-state index contributed by atoms with van der Waals surface area (Å²) in [5, 5.41) is 3.33. The molecule has 0 nitrogen and oxygen atoms in total. The number of hydrogen-bond acceptors (Lipinski definition) is 0. The summed E-state index contributed by atoms with van der Waals surface area (Å²) in [7, 11) is -1.90. The van der Waals surface area contributed by atoms with Gasteiger partial charge in [-0.2, -0.15) is 0 Å². The predicted octanol–water partition coefficient (Wildman–Crippen LogP) is 8.82. The van der Waals surface area contributed by atoms with Gasteiger partial charge in [-0.3, -0.25) is 0 Å². The first-order valence-electron chi connectivity index (χ1n) is 11.8. The van der Waals surface area contributed by atoms with E-state index in [-0.39, 0.29) is 0 Å². The van der Waals surface area contributed by atoms with Gasteiger partial charge in [0.05, 0.1) is 0 Å². The monoisotopic (exact) mass is 430 g/mol. The van der Waals surface area contributed by atoms with Crippen molar-refractivity contribution in [3.63, 3.8) is 0 Å². The largest absolute Gasteiger partial charge is 0.114 e. The Morgan fingerprint density at radius 3 is 0.742 bits per heavy atom. The summed E-state index contributed by atoms with van der Waals surface area (Å²) in [6, 6.07) is 0. The van der Waals surface area contributed by atoms with Gasteiger partial charge in [-0.1, -0.05) is 13.1 Å². The van der Waals surface area contributed by atoms with Crippen molar-refractivity contribution < 1.29 is 0 Å². The van der Waals surface area contributed by atoms with Crippen LogP contribution in [0.5, 0.6) is 0 Å². The second-order valence-electron chi connectivity index (χ2n) is 10.6. The van der Waals surface area contributed by atoms with Gasteiger partial charge in [-0.15, -0.1) is 0 Å². The molecule has 2 aromatic rings. The molecule has 0 unspecified atom stereocenters. The molecule has 166 valence electrons. The molecule has 0 aliphatic carbocycles. The fourth-order valence-corrected chi connectivity index (χ4v) is 10.7. The van der Waals surface area contributed by atoms with Crippen LogP contribution in [0.2, 0.25) is 13.1 Å². The summed E-state index contributed by atoms with van der Waals surface area (Å²) in [4.78, 5) is 0. The third kappa shape index (κ3) is 3.15. The Morgan fingerprint density at radius 2 is 0.516 bits per heavy atom. The zero-order chi connectivity index (χ0) is 23.7. The van der Waals surface area contributed by atoms with Crippen molar-refractivity contribution >= 4 is 18.5 Å². The van der Waals surface area contributed by atoms with E-state index >= 15 is 0 Å². The average molecular weight is 431 g/mol. The van der Waals surface area contributed by atoms with E-state index in [2.05, 4.69) is 96.2 Å². The first-order chi connectivity index (χ1) is 14.2. The quantitative estimate of drug-likeness (QED) is 0.417. The molecule has 1 heterocycles. The summed E-state index contributed by atoms with van der Waals surface area (Å²) in [6.07, 6.45) is 0. The number of rotatable bonds is 2. The molecule has 0 N–H and O–H groups in total. The van der Waals surface area contributed by atoms with Gasteiger partial charge in [0.25, 0.3) is 0 Å². The van der Waals surface area contributed by atoms with Crippen LogP contribution in [-0.4, -0.2) is 8.07 Å². The summed E-state index contributed by atoms with van der Waals surface area (Å²) in [5.41, 5.74) is 20.8. The molecule has 1 aliphatic rings. The molecule has 1 heteroatoms. The van der Waals surface area contributed by atoms with Gasteiger partial charge in [0.2, 0.25) is 0 Å². The van der Waals surface area contributed by atoms with E-state index in [1.807, 2.05) is 0 Å². The van der Waals surface area contributed by atoms with Crippen LogP contribution < -0.4 is 0 Å². The van der Waals surface area contributed by atoms with Crippen molar-refractivity contribution in [3.05, 3.63) is 77.9 Å². The van der Waals surface area contributed by atoms with Gasteiger partial charge in [-0.25, -0.2) is 0 Å². The van der Waals surface area contributed by atoms with Crippen LogP contribution in [0.1, 0.15) is 80.6 Å². The highest BCUT2D eigenvalue weighted by Crippen LogP contribution is 2.52. The molecule has 0 aromatic heterocycles. The molecule has 0 atom stereocenters. The second kappa shape index (κ2) is 7.62. The van der Waals surface area contributed by atoms with Gasteiger partial charge < -0.3 is 0 Å². The van der Waals surface area contributed by atoms with Crippen molar-refractivity contribution in [1.29, 1.82) is 0 Å². The lowest BCUT2D eigenvalue weighted by Gasteiger charge is -2.32. The fourth-order valence-electron chi connectivity index (χ4n) is 6.19. The molecule has 31 heavy (non-hydrogen) atoms. The molecular formula is C30H42Si. The van der Waals surface area contributed by atoms with Gasteiger partial charge in [0.15, 0.2) is 0 Å². The van der Waals surface area contributed by atoms with E-state index in [0.717, 1.165) is 0 Å². The highest BCUT2D eigenvalue weighted by Gasteiger charge is 2.42. The van der Waals surface area contributed by atoms with Crippen molar-refractivity contribution in [2.45, 2.75) is 96.2 Å². The van der Waals surface area contributed by atoms with Crippen LogP contribution in [0.25, 0.3) is 10.4 Å². The standard InChI is InChI=1S/C30H42Si/c1-15-17(3)21(7)27(22(8)18(15)4)29-25(11)26(12)30(31(29,13)14)28-23(9)19(5)16(2)20(6)24(28)10/h1-14H3. The minimum absolute atomic E-state index is 1.45. The Balaban J connectivity index is 2.39. The minimum Gasteiger partial charge on any atom is -0.0616 e. The van der Waals surface area contributed by atoms with E-state index in [1.54, 1.807) is 21.5 Å². The van der Waals surface area contributed by atoms with E-state index in [4.69, 9.17) is 0 Å². The van der Waals surface area contributed by atoms with E-state index < -0.39 is 8.07 Å². The Kier molecular flexibility index (Phi) is 5.85. The summed E-state index contributed by atoms with van der Waals surface area (Å²) in [5.74, 6) is 0. The van der Waals surface area contributed by atoms with E-state index in [9.17, 15) is 0 Å². The average Bonchev–Trinajstić information content (AvgIpc) is 2.88. The highest BCUT2D eigenvalue weighted by atomic mass is 28.3. The normalized spacial score (nSPS) is 16.1. The maximum Gasteiger partial charge on any atom is 0.114 e.